The van der Waals surface area contributed by atoms with Crippen LogP contribution in [0, 0.1) is 45.6 Å². The van der Waals surface area contributed by atoms with E-state index >= 15 is 0 Å². The second-order valence-electron chi connectivity index (χ2n) is 9.90. The Labute approximate surface area is 219 Å². The summed E-state index contributed by atoms with van der Waals surface area (Å²) in [5, 5.41) is 10.6. The van der Waals surface area contributed by atoms with Crippen molar-refractivity contribution in [3.8, 4) is 11.3 Å². The fourth-order valence-electron chi connectivity index (χ4n) is 3.90. The van der Waals surface area contributed by atoms with Crippen LogP contribution in [0.15, 0.2) is 48.2 Å². The molecule has 0 unspecified atom stereocenters. The number of pyridine rings is 1. The van der Waals surface area contributed by atoms with E-state index in [0.717, 1.165) is 22.3 Å². The minimum atomic E-state index is 0. The van der Waals surface area contributed by atoms with E-state index in [-0.39, 0.29) is 31.6 Å². The standard InChI is InChI=1S/C19H18N.C11H20O2.Ir/c1-12-7-13(2)10-16(9-12)18-6-5-17-15(4)8-14(3)11-19(17)20-18;1-8(2)5-10(12)7-11(13)6-9(3)4;/h5-9,11H,1-4H3;7-9,12H,5-6H2,1-4H3;/q-1;;. The first-order valence-corrected chi connectivity index (χ1v) is 11.8. The zero-order chi connectivity index (χ0) is 24.7. The molecule has 1 aromatic heterocycles. The maximum absolute atomic E-state index is 11.2. The zero-order valence-electron chi connectivity index (χ0n) is 21.7. The fraction of sp³-hybridized carbons (Fsp3) is 0.400. The van der Waals surface area contributed by atoms with Gasteiger partial charge in [-0.1, -0.05) is 59.7 Å². The summed E-state index contributed by atoms with van der Waals surface area (Å²) in [5.74, 6) is 0.979. The number of benzene rings is 2. The molecule has 0 aliphatic rings. The molecule has 1 heterocycles. The van der Waals surface area contributed by atoms with Crippen LogP contribution in [0.1, 0.15) is 62.8 Å². The molecule has 0 spiro atoms. The summed E-state index contributed by atoms with van der Waals surface area (Å²) in [6.07, 6.45) is 2.46. The Morgan fingerprint density at radius 3 is 2.15 bits per heavy atom. The molecule has 2 aromatic carbocycles. The molecule has 0 aliphatic carbocycles. The number of nitrogens with zero attached hydrogens (tertiary/aromatic N) is 1. The van der Waals surface area contributed by atoms with Crippen LogP contribution in [0.25, 0.3) is 22.2 Å². The minimum Gasteiger partial charge on any atom is -0.512 e. The van der Waals surface area contributed by atoms with Crippen molar-refractivity contribution in [2.75, 3.05) is 0 Å². The number of rotatable bonds is 6. The van der Waals surface area contributed by atoms with Crippen molar-refractivity contribution in [1.29, 1.82) is 0 Å². The molecule has 4 heteroatoms. The van der Waals surface area contributed by atoms with Crippen molar-refractivity contribution in [3.05, 3.63) is 76.6 Å². The molecule has 0 saturated carbocycles. The summed E-state index contributed by atoms with van der Waals surface area (Å²) in [6, 6.07) is 16.3. The molecule has 3 nitrogen and oxygen atoms in total. The van der Waals surface area contributed by atoms with Crippen molar-refractivity contribution < 1.29 is 30.0 Å². The van der Waals surface area contributed by atoms with E-state index in [4.69, 9.17) is 4.98 Å². The van der Waals surface area contributed by atoms with E-state index in [9.17, 15) is 9.90 Å². The van der Waals surface area contributed by atoms with Crippen molar-refractivity contribution >= 4 is 16.7 Å². The van der Waals surface area contributed by atoms with E-state index in [1.165, 1.54) is 28.2 Å². The SMILES string of the molecule is CC(C)CC(=O)C=C(O)CC(C)C.Cc1[c-]c(-c2ccc3c(C)cc(C)cc3n2)cc(C)c1.[Ir]. The molecule has 34 heavy (non-hydrogen) atoms. The Bertz CT molecular complexity index is 1130. The number of ketones is 1. The van der Waals surface area contributed by atoms with Crippen molar-refractivity contribution in [2.45, 2.75) is 68.2 Å². The number of aliphatic hydroxyl groups is 1. The molecule has 3 rings (SSSR count). The molecule has 0 bridgehead atoms. The normalized spacial score (nSPS) is 11.3. The summed E-state index contributed by atoms with van der Waals surface area (Å²) < 4.78 is 0. The van der Waals surface area contributed by atoms with Gasteiger partial charge in [0.05, 0.1) is 11.3 Å². The number of aromatic nitrogens is 1. The average molecular weight is 637 g/mol. The van der Waals surface area contributed by atoms with Gasteiger partial charge in [-0.2, -0.15) is 0 Å². The number of fused-ring (bicyclic) bond motifs is 1. The summed E-state index contributed by atoms with van der Waals surface area (Å²) in [7, 11) is 0. The Morgan fingerprint density at radius 1 is 0.941 bits per heavy atom. The van der Waals surface area contributed by atoms with Crippen molar-refractivity contribution in [2.24, 2.45) is 11.8 Å². The van der Waals surface area contributed by atoms with Gasteiger partial charge in [-0.15, -0.1) is 34.9 Å². The van der Waals surface area contributed by atoms with Crippen LogP contribution in [0.3, 0.4) is 0 Å². The molecular formula is C30H38IrNO2-. The average Bonchev–Trinajstić information content (AvgIpc) is 2.65. The molecule has 0 amide bonds. The second kappa shape index (κ2) is 13.6. The van der Waals surface area contributed by atoms with Crippen LogP contribution in [0.4, 0.5) is 0 Å². The predicted octanol–water partition coefficient (Wildman–Crippen LogP) is 8.02. The van der Waals surface area contributed by atoms with Gasteiger partial charge in [-0.3, -0.25) is 9.78 Å². The third-order valence-electron chi connectivity index (χ3n) is 5.14. The number of hydrogen-bond donors (Lipinski definition) is 1. The molecule has 185 valence electrons. The summed E-state index contributed by atoms with van der Waals surface area (Å²) in [5.41, 5.74) is 8.07. The van der Waals surface area contributed by atoms with Gasteiger partial charge in [-0.05, 0) is 48.6 Å². The van der Waals surface area contributed by atoms with Crippen molar-refractivity contribution in [3.63, 3.8) is 0 Å². The molecule has 0 atom stereocenters. The smallest absolute Gasteiger partial charge is 0.159 e. The van der Waals surface area contributed by atoms with Crippen LogP contribution in [-0.4, -0.2) is 15.9 Å². The second-order valence-corrected chi connectivity index (χ2v) is 9.90. The number of carbonyl (C=O) groups excluding carboxylic acids is 1. The van der Waals surface area contributed by atoms with E-state index in [0.29, 0.717) is 24.7 Å². The van der Waals surface area contributed by atoms with E-state index < -0.39 is 0 Å². The van der Waals surface area contributed by atoms with Gasteiger partial charge in [0.1, 0.15) is 0 Å². The Kier molecular flexibility index (Phi) is 11.9. The molecule has 0 aliphatic heterocycles. The number of hydrogen-bond acceptors (Lipinski definition) is 3. The van der Waals surface area contributed by atoms with Crippen LogP contribution in [0.2, 0.25) is 0 Å². The van der Waals surface area contributed by atoms with Crippen LogP contribution in [0.5, 0.6) is 0 Å². The van der Waals surface area contributed by atoms with E-state index in [1.807, 2.05) is 27.7 Å². The monoisotopic (exact) mass is 637 g/mol. The van der Waals surface area contributed by atoms with Gasteiger partial charge in [0, 0.05) is 44.4 Å². The molecule has 1 radical (unpaired) electrons. The third-order valence-corrected chi connectivity index (χ3v) is 5.14. The number of carbonyl (C=O) groups is 1. The molecule has 3 aromatic rings. The molecule has 0 saturated heterocycles. The van der Waals surface area contributed by atoms with Gasteiger partial charge in [0.15, 0.2) is 5.78 Å². The molecular weight excluding hydrogens is 599 g/mol. The van der Waals surface area contributed by atoms with Crippen LogP contribution < -0.4 is 0 Å². The topological polar surface area (TPSA) is 50.2 Å². The maximum Gasteiger partial charge on any atom is 0.159 e. The quantitative estimate of drug-likeness (QED) is 0.169. The minimum absolute atomic E-state index is 0. The summed E-state index contributed by atoms with van der Waals surface area (Å²) >= 11 is 0. The largest absolute Gasteiger partial charge is 0.512 e. The zero-order valence-corrected chi connectivity index (χ0v) is 24.1. The van der Waals surface area contributed by atoms with Gasteiger partial charge < -0.3 is 5.11 Å². The summed E-state index contributed by atoms with van der Waals surface area (Å²) in [4.78, 5) is 16.0. The van der Waals surface area contributed by atoms with E-state index in [2.05, 4.69) is 70.2 Å². The molecule has 0 fully saturated rings. The van der Waals surface area contributed by atoms with Gasteiger partial charge >= 0.3 is 0 Å². The van der Waals surface area contributed by atoms with Crippen LogP contribution >= 0.6 is 0 Å². The maximum atomic E-state index is 11.2. The number of aliphatic hydroxyl groups excluding tert-OH is 1. The first-order chi connectivity index (χ1) is 15.4. The van der Waals surface area contributed by atoms with Gasteiger partial charge in [-0.25, -0.2) is 0 Å². The predicted molar refractivity (Wildman–Crippen MR) is 140 cm³/mol. The molecule has 1 N–H and O–H groups in total. The Balaban J connectivity index is 0.000000364. The van der Waals surface area contributed by atoms with Crippen molar-refractivity contribution in [1.82, 2.24) is 4.98 Å². The van der Waals surface area contributed by atoms with Gasteiger partial charge in [0.2, 0.25) is 0 Å². The van der Waals surface area contributed by atoms with Crippen LogP contribution in [-0.2, 0) is 24.9 Å². The van der Waals surface area contributed by atoms with Gasteiger partial charge in [0.25, 0.3) is 0 Å². The first-order valence-electron chi connectivity index (χ1n) is 11.8. The fourth-order valence-corrected chi connectivity index (χ4v) is 3.90. The first kappa shape index (κ1) is 29.7. The Hall–Kier alpha value is -2.29. The van der Waals surface area contributed by atoms with E-state index in [1.54, 1.807) is 0 Å². The Morgan fingerprint density at radius 2 is 1.56 bits per heavy atom. The number of aryl methyl sites for hydroxylation is 4. The number of allylic oxidation sites excluding steroid dienone is 2. The third kappa shape index (κ3) is 9.52. The summed E-state index contributed by atoms with van der Waals surface area (Å²) in [6.45, 7) is 16.4.